The SMILES string of the molecule is CC(N)CCc1nc(C2CCCCS2)no1. The number of aryl methyl sites for hydroxylation is 1. The molecule has 0 aliphatic carbocycles. The Balaban J connectivity index is 1.90. The van der Waals surface area contributed by atoms with Gasteiger partial charge in [-0.05, 0) is 31.9 Å². The highest BCUT2D eigenvalue weighted by molar-refractivity contribution is 7.99. The summed E-state index contributed by atoms with van der Waals surface area (Å²) in [6, 6.07) is 0.194. The maximum absolute atomic E-state index is 5.70. The molecule has 1 saturated heterocycles. The molecule has 0 spiro atoms. The molecule has 2 rings (SSSR count). The first-order chi connectivity index (χ1) is 7.75. The van der Waals surface area contributed by atoms with E-state index in [1.807, 2.05) is 18.7 Å². The van der Waals surface area contributed by atoms with Crippen molar-refractivity contribution in [1.82, 2.24) is 10.1 Å². The highest BCUT2D eigenvalue weighted by Crippen LogP contribution is 2.36. The molecule has 0 aromatic carbocycles. The minimum Gasteiger partial charge on any atom is -0.339 e. The van der Waals surface area contributed by atoms with E-state index in [1.54, 1.807) is 0 Å². The van der Waals surface area contributed by atoms with Gasteiger partial charge in [-0.25, -0.2) is 0 Å². The Morgan fingerprint density at radius 3 is 3.12 bits per heavy atom. The Hall–Kier alpha value is -0.550. The van der Waals surface area contributed by atoms with Crippen LogP contribution in [0.15, 0.2) is 4.52 Å². The fourth-order valence-corrected chi connectivity index (χ4v) is 3.03. The second-order valence-electron chi connectivity index (χ2n) is 4.42. The maximum atomic E-state index is 5.70. The molecule has 1 fully saturated rings. The van der Waals surface area contributed by atoms with E-state index in [2.05, 4.69) is 10.1 Å². The molecule has 0 bridgehead atoms. The van der Waals surface area contributed by atoms with Crippen molar-refractivity contribution in [3.05, 3.63) is 11.7 Å². The monoisotopic (exact) mass is 241 g/mol. The van der Waals surface area contributed by atoms with Gasteiger partial charge in [0.2, 0.25) is 5.89 Å². The number of rotatable bonds is 4. The van der Waals surface area contributed by atoms with E-state index < -0.39 is 0 Å². The summed E-state index contributed by atoms with van der Waals surface area (Å²) in [5.74, 6) is 2.83. The summed E-state index contributed by atoms with van der Waals surface area (Å²) >= 11 is 1.94. The standard InChI is InChI=1S/C11H19N3OS/c1-8(12)5-6-10-13-11(14-15-10)9-4-2-3-7-16-9/h8-9H,2-7,12H2,1H3. The number of nitrogens with two attached hydrogens (primary N) is 1. The van der Waals surface area contributed by atoms with Crippen molar-refractivity contribution in [1.29, 1.82) is 0 Å². The summed E-state index contributed by atoms with van der Waals surface area (Å²) in [5.41, 5.74) is 5.70. The molecule has 16 heavy (non-hydrogen) atoms. The van der Waals surface area contributed by atoms with Crippen LogP contribution < -0.4 is 5.73 Å². The molecule has 4 nitrogen and oxygen atoms in total. The molecular formula is C11H19N3OS. The van der Waals surface area contributed by atoms with Gasteiger partial charge in [-0.15, -0.1) is 0 Å². The zero-order chi connectivity index (χ0) is 11.4. The van der Waals surface area contributed by atoms with E-state index in [-0.39, 0.29) is 6.04 Å². The normalized spacial score (nSPS) is 23.2. The first-order valence-electron chi connectivity index (χ1n) is 5.95. The fourth-order valence-electron chi connectivity index (χ4n) is 1.80. The summed E-state index contributed by atoms with van der Waals surface area (Å²) < 4.78 is 5.24. The third-order valence-corrected chi connectivity index (χ3v) is 4.14. The van der Waals surface area contributed by atoms with Gasteiger partial charge in [0.15, 0.2) is 5.82 Å². The minimum atomic E-state index is 0.194. The van der Waals surface area contributed by atoms with Crippen molar-refractivity contribution in [2.24, 2.45) is 5.73 Å². The van der Waals surface area contributed by atoms with Crippen molar-refractivity contribution in [2.75, 3.05) is 5.75 Å². The first kappa shape index (κ1) is 11.9. The molecule has 2 atom stereocenters. The van der Waals surface area contributed by atoms with E-state index in [4.69, 9.17) is 10.3 Å². The topological polar surface area (TPSA) is 64.9 Å². The highest BCUT2D eigenvalue weighted by atomic mass is 32.2. The number of hydrogen-bond acceptors (Lipinski definition) is 5. The van der Waals surface area contributed by atoms with Crippen LogP contribution >= 0.6 is 11.8 Å². The van der Waals surface area contributed by atoms with Gasteiger partial charge in [0, 0.05) is 12.5 Å². The lowest BCUT2D eigenvalue weighted by atomic mass is 10.2. The molecular weight excluding hydrogens is 222 g/mol. The number of nitrogens with zero attached hydrogens (tertiary/aromatic N) is 2. The van der Waals surface area contributed by atoms with Gasteiger partial charge in [0.1, 0.15) is 0 Å². The van der Waals surface area contributed by atoms with Gasteiger partial charge < -0.3 is 10.3 Å². The Kier molecular flexibility index (Phi) is 4.23. The van der Waals surface area contributed by atoms with Crippen molar-refractivity contribution >= 4 is 11.8 Å². The molecule has 0 saturated carbocycles. The predicted octanol–water partition coefficient (Wildman–Crippen LogP) is 2.31. The van der Waals surface area contributed by atoms with Crippen LogP contribution in [0.5, 0.6) is 0 Å². The zero-order valence-corrected chi connectivity index (χ0v) is 10.5. The molecule has 0 amide bonds. The Morgan fingerprint density at radius 2 is 2.44 bits per heavy atom. The quantitative estimate of drug-likeness (QED) is 0.876. The zero-order valence-electron chi connectivity index (χ0n) is 9.69. The van der Waals surface area contributed by atoms with Crippen molar-refractivity contribution in [3.8, 4) is 0 Å². The number of thioether (sulfide) groups is 1. The summed E-state index contributed by atoms with van der Waals surface area (Å²) in [7, 11) is 0. The fraction of sp³-hybridized carbons (Fsp3) is 0.818. The number of aromatic nitrogens is 2. The van der Waals surface area contributed by atoms with E-state index in [9.17, 15) is 0 Å². The Bertz CT molecular complexity index is 321. The lowest BCUT2D eigenvalue weighted by Gasteiger charge is -2.17. The molecule has 1 aromatic heterocycles. The molecule has 5 heteroatoms. The summed E-state index contributed by atoms with van der Waals surface area (Å²) in [5, 5.41) is 4.52. The van der Waals surface area contributed by atoms with Crippen LogP contribution in [-0.2, 0) is 6.42 Å². The van der Waals surface area contributed by atoms with E-state index in [0.29, 0.717) is 5.25 Å². The molecule has 90 valence electrons. The van der Waals surface area contributed by atoms with Crippen molar-refractivity contribution < 1.29 is 4.52 Å². The lowest BCUT2D eigenvalue weighted by Crippen LogP contribution is -2.15. The third kappa shape index (κ3) is 3.22. The van der Waals surface area contributed by atoms with Crippen LogP contribution in [0.3, 0.4) is 0 Å². The van der Waals surface area contributed by atoms with Crippen LogP contribution in [0.2, 0.25) is 0 Å². The predicted molar refractivity (Wildman–Crippen MR) is 65.3 cm³/mol. The molecule has 1 aromatic rings. The molecule has 1 aliphatic heterocycles. The molecule has 1 aliphatic rings. The van der Waals surface area contributed by atoms with Crippen LogP contribution in [-0.4, -0.2) is 21.9 Å². The first-order valence-corrected chi connectivity index (χ1v) is 7.00. The van der Waals surface area contributed by atoms with E-state index in [1.165, 1.54) is 25.0 Å². The summed E-state index contributed by atoms with van der Waals surface area (Å²) in [4.78, 5) is 4.45. The molecule has 2 heterocycles. The van der Waals surface area contributed by atoms with Gasteiger partial charge in [-0.2, -0.15) is 16.7 Å². The average molecular weight is 241 g/mol. The van der Waals surface area contributed by atoms with Gasteiger partial charge in [-0.3, -0.25) is 0 Å². The highest BCUT2D eigenvalue weighted by Gasteiger charge is 2.21. The Morgan fingerprint density at radius 1 is 1.56 bits per heavy atom. The van der Waals surface area contributed by atoms with Gasteiger partial charge in [-0.1, -0.05) is 11.6 Å². The van der Waals surface area contributed by atoms with Gasteiger partial charge in [0.05, 0.1) is 5.25 Å². The third-order valence-electron chi connectivity index (χ3n) is 2.77. The average Bonchev–Trinajstić information content (AvgIpc) is 2.76. The van der Waals surface area contributed by atoms with Crippen LogP contribution in [0, 0.1) is 0 Å². The second kappa shape index (κ2) is 5.68. The van der Waals surface area contributed by atoms with Gasteiger partial charge in [0.25, 0.3) is 0 Å². The maximum Gasteiger partial charge on any atom is 0.226 e. The second-order valence-corrected chi connectivity index (χ2v) is 5.73. The van der Waals surface area contributed by atoms with Crippen LogP contribution in [0.1, 0.15) is 49.6 Å². The summed E-state index contributed by atoms with van der Waals surface area (Å²) in [6.07, 6.45) is 5.47. The molecule has 2 N–H and O–H groups in total. The molecule has 0 radical (unpaired) electrons. The van der Waals surface area contributed by atoms with E-state index in [0.717, 1.165) is 24.6 Å². The number of hydrogen-bond donors (Lipinski definition) is 1. The smallest absolute Gasteiger partial charge is 0.226 e. The van der Waals surface area contributed by atoms with Crippen molar-refractivity contribution in [3.63, 3.8) is 0 Å². The van der Waals surface area contributed by atoms with E-state index >= 15 is 0 Å². The lowest BCUT2D eigenvalue weighted by molar-refractivity contribution is 0.366. The van der Waals surface area contributed by atoms with Gasteiger partial charge >= 0.3 is 0 Å². The Labute approximate surface area is 100 Å². The summed E-state index contributed by atoms with van der Waals surface area (Å²) in [6.45, 7) is 1.99. The van der Waals surface area contributed by atoms with Crippen LogP contribution in [0.25, 0.3) is 0 Å². The minimum absolute atomic E-state index is 0.194. The van der Waals surface area contributed by atoms with Crippen LogP contribution in [0.4, 0.5) is 0 Å². The van der Waals surface area contributed by atoms with Crippen molar-refractivity contribution in [2.45, 2.75) is 50.3 Å². The molecule has 2 unspecified atom stereocenters. The largest absolute Gasteiger partial charge is 0.339 e.